The van der Waals surface area contributed by atoms with E-state index in [1.165, 1.54) is 16.9 Å². The first kappa shape index (κ1) is 15.7. The van der Waals surface area contributed by atoms with Crippen molar-refractivity contribution in [2.75, 3.05) is 19.6 Å². The Bertz CT molecular complexity index is 538. The van der Waals surface area contributed by atoms with Crippen molar-refractivity contribution in [1.29, 1.82) is 0 Å². The summed E-state index contributed by atoms with van der Waals surface area (Å²) >= 11 is 1.43. The molecule has 21 heavy (non-hydrogen) atoms. The normalized spacial score (nSPS) is 12.3. The number of nitrogens with zero attached hydrogens (tertiary/aromatic N) is 2. The minimum Gasteiger partial charge on any atom is -0.349 e. The van der Waals surface area contributed by atoms with Gasteiger partial charge in [-0.1, -0.05) is 44.2 Å². The summed E-state index contributed by atoms with van der Waals surface area (Å²) in [4.78, 5) is 18.4. The molecule has 0 fully saturated rings. The largest absolute Gasteiger partial charge is 0.349 e. The monoisotopic (exact) mass is 303 g/mol. The van der Waals surface area contributed by atoms with Crippen molar-refractivity contribution < 1.29 is 4.79 Å². The van der Waals surface area contributed by atoms with Crippen LogP contribution in [-0.2, 0) is 0 Å². The molecule has 0 bridgehead atoms. The van der Waals surface area contributed by atoms with Crippen LogP contribution in [0.25, 0.3) is 0 Å². The lowest BCUT2D eigenvalue weighted by Crippen LogP contribution is -2.38. The molecule has 0 saturated heterocycles. The second-order valence-electron chi connectivity index (χ2n) is 4.73. The SMILES string of the molecule is CCN(CC)C(CNC(=O)c1cscn1)c1ccccc1. The van der Waals surface area contributed by atoms with Gasteiger partial charge in [-0.25, -0.2) is 4.98 Å². The van der Waals surface area contributed by atoms with Gasteiger partial charge in [0.1, 0.15) is 5.69 Å². The third-order valence-corrected chi connectivity index (χ3v) is 4.14. The van der Waals surface area contributed by atoms with Gasteiger partial charge in [-0.2, -0.15) is 0 Å². The molecular weight excluding hydrogens is 282 g/mol. The predicted molar refractivity (Wildman–Crippen MR) is 86.6 cm³/mol. The summed E-state index contributed by atoms with van der Waals surface area (Å²) in [6.45, 7) is 6.76. The average Bonchev–Trinajstić information content (AvgIpc) is 3.06. The number of likely N-dealkylation sites (N-methyl/N-ethyl adjacent to an activating group) is 1. The zero-order valence-corrected chi connectivity index (χ0v) is 13.3. The molecule has 0 aliphatic heterocycles. The van der Waals surface area contributed by atoms with E-state index in [0.717, 1.165) is 13.1 Å². The lowest BCUT2D eigenvalue weighted by atomic mass is 10.1. The van der Waals surface area contributed by atoms with E-state index in [9.17, 15) is 4.79 Å². The number of hydrogen-bond donors (Lipinski definition) is 1. The van der Waals surface area contributed by atoms with Gasteiger partial charge in [0.25, 0.3) is 5.91 Å². The molecule has 0 aliphatic rings. The van der Waals surface area contributed by atoms with Gasteiger partial charge in [0.15, 0.2) is 0 Å². The predicted octanol–water partition coefficient (Wildman–Crippen LogP) is 2.96. The van der Waals surface area contributed by atoms with E-state index in [1.54, 1.807) is 10.9 Å². The number of rotatable bonds is 7. The van der Waals surface area contributed by atoms with Gasteiger partial charge in [0.2, 0.25) is 0 Å². The molecule has 1 heterocycles. The molecule has 1 aromatic heterocycles. The second-order valence-corrected chi connectivity index (χ2v) is 5.45. The Kier molecular flexibility index (Phi) is 5.90. The number of amides is 1. The van der Waals surface area contributed by atoms with Crippen molar-refractivity contribution in [1.82, 2.24) is 15.2 Å². The fraction of sp³-hybridized carbons (Fsp3) is 0.375. The second kappa shape index (κ2) is 7.90. The van der Waals surface area contributed by atoms with E-state index < -0.39 is 0 Å². The van der Waals surface area contributed by atoms with Gasteiger partial charge >= 0.3 is 0 Å². The molecule has 2 rings (SSSR count). The maximum atomic E-state index is 12.1. The van der Waals surface area contributed by atoms with Gasteiger partial charge in [0, 0.05) is 11.9 Å². The lowest BCUT2D eigenvalue weighted by molar-refractivity contribution is 0.0930. The molecule has 1 unspecified atom stereocenters. The molecular formula is C16H21N3OS. The Morgan fingerprint density at radius 1 is 1.29 bits per heavy atom. The third-order valence-electron chi connectivity index (χ3n) is 3.56. The Morgan fingerprint density at radius 2 is 2.00 bits per heavy atom. The van der Waals surface area contributed by atoms with E-state index in [4.69, 9.17) is 0 Å². The Hall–Kier alpha value is -1.72. The molecule has 0 saturated carbocycles. The van der Waals surface area contributed by atoms with Crippen LogP contribution in [0.5, 0.6) is 0 Å². The Labute approximate surface area is 129 Å². The number of aromatic nitrogens is 1. The highest BCUT2D eigenvalue weighted by Crippen LogP contribution is 2.19. The molecule has 0 radical (unpaired) electrons. The summed E-state index contributed by atoms with van der Waals surface area (Å²) in [5, 5.41) is 4.76. The first-order valence-corrected chi connectivity index (χ1v) is 8.15. The minimum atomic E-state index is -0.107. The van der Waals surface area contributed by atoms with Crippen LogP contribution in [0.4, 0.5) is 0 Å². The van der Waals surface area contributed by atoms with Crippen LogP contribution in [0.1, 0.15) is 35.9 Å². The third kappa shape index (κ3) is 4.12. The molecule has 5 heteroatoms. The molecule has 1 aromatic carbocycles. The fourth-order valence-corrected chi connectivity index (χ4v) is 2.93. The van der Waals surface area contributed by atoms with Crippen LogP contribution in [0.3, 0.4) is 0 Å². The number of carbonyl (C=O) groups excluding carboxylic acids is 1. The van der Waals surface area contributed by atoms with Crippen molar-refractivity contribution in [3.8, 4) is 0 Å². The zero-order chi connectivity index (χ0) is 15.1. The van der Waals surface area contributed by atoms with Gasteiger partial charge < -0.3 is 5.32 Å². The molecule has 1 atom stereocenters. The van der Waals surface area contributed by atoms with Crippen LogP contribution < -0.4 is 5.32 Å². The maximum Gasteiger partial charge on any atom is 0.270 e. The quantitative estimate of drug-likeness (QED) is 0.855. The standard InChI is InChI=1S/C16H21N3OS/c1-3-19(4-2)15(13-8-6-5-7-9-13)10-17-16(20)14-11-21-12-18-14/h5-9,11-12,15H,3-4,10H2,1-2H3,(H,17,20). The maximum absolute atomic E-state index is 12.1. The first-order valence-electron chi connectivity index (χ1n) is 7.21. The summed E-state index contributed by atoms with van der Waals surface area (Å²) in [6.07, 6.45) is 0. The smallest absolute Gasteiger partial charge is 0.270 e. The number of nitrogens with one attached hydrogen (secondary N) is 1. The van der Waals surface area contributed by atoms with E-state index in [1.807, 2.05) is 18.2 Å². The molecule has 2 aromatic rings. The molecule has 0 spiro atoms. The molecule has 1 N–H and O–H groups in total. The van der Waals surface area contributed by atoms with Gasteiger partial charge in [-0.3, -0.25) is 9.69 Å². The summed E-state index contributed by atoms with van der Waals surface area (Å²) in [5.41, 5.74) is 3.39. The van der Waals surface area contributed by atoms with Crippen molar-refractivity contribution in [3.63, 3.8) is 0 Å². The van der Waals surface area contributed by atoms with Crippen molar-refractivity contribution >= 4 is 17.2 Å². The minimum absolute atomic E-state index is 0.107. The Morgan fingerprint density at radius 3 is 2.57 bits per heavy atom. The van der Waals surface area contributed by atoms with Crippen molar-refractivity contribution in [3.05, 3.63) is 52.5 Å². The highest BCUT2D eigenvalue weighted by Gasteiger charge is 2.19. The van der Waals surface area contributed by atoms with Crippen LogP contribution in [-0.4, -0.2) is 35.4 Å². The van der Waals surface area contributed by atoms with E-state index in [2.05, 4.69) is 41.2 Å². The molecule has 0 aliphatic carbocycles. The van der Waals surface area contributed by atoms with Crippen molar-refractivity contribution in [2.24, 2.45) is 0 Å². The van der Waals surface area contributed by atoms with Crippen LogP contribution in [0, 0.1) is 0 Å². The fourth-order valence-electron chi connectivity index (χ4n) is 2.40. The highest BCUT2D eigenvalue weighted by atomic mass is 32.1. The van der Waals surface area contributed by atoms with E-state index >= 15 is 0 Å². The van der Waals surface area contributed by atoms with Crippen LogP contribution >= 0.6 is 11.3 Å². The first-order chi connectivity index (χ1) is 10.3. The molecule has 112 valence electrons. The van der Waals surface area contributed by atoms with Crippen molar-refractivity contribution in [2.45, 2.75) is 19.9 Å². The number of benzene rings is 1. The Balaban J connectivity index is 2.08. The summed E-state index contributed by atoms with van der Waals surface area (Å²) in [7, 11) is 0. The number of thiazole rings is 1. The van der Waals surface area contributed by atoms with E-state index in [-0.39, 0.29) is 11.9 Å². The average molecular weight is 303 g/mol. The van der Waals surface area contributed by atoms with Crippen LogP contribution in [0.15, 0.2) is 41.2 Å². The summed E-state index contributed by atoms with van der Waals surface area (Å²) in [6, 6.07) is 10.5. The van der Waals surface area contributed by atoms with Crippen LogP contribution in [0.2, 0.25) is 0 Å². The van der Waals surface area contributed by atoms with Gasteiger partial charge in [0.05, 0.1) is 11.6 Å². The summed E-state index contributed by atoms with van der Waals surface area (Å²) in [5.74, 6) is -0.107. The highest BCUT2D eigenvalue weighted by molar-refractivity contribution is 7.07. The number of hydrogen-bond acceptors (Lipinski definition) is 4. The number of carbonyl (C=O) groups is 1. The van der Waals surface area contributed by atoms with Gasteiger partial charge in [-0.15, -0.1) is 11.3 Å². The van der Waals surface area contributed by atoms with E-state index in [0.29, 0.717) is 12.2 Å². The zero-order valence-electron chi connectivity index (χ0n) is 12.5. The summed E-state index contributed by atoms with van der Waals surface area (Å²) < 4.78 is 0. The lowest BCUT2D eigenvalue weighted by Gasteiger charge is -2.30. The van der Waals surface area contributed by atoms with Gasteiger partial charge in [-0.05, 0) is 18.7 Å². The topological polar surface area (TPSA) is 45.2 Å². The molecule has 4 nitrogen and oxygen atoms in total. The molecule has 1 amide bonds.